The molecule has 3 aromatic rings. The minimum absolute atomic E-state index is 0.262. The largest absolute Gasteiger partial charge is 0.497 e. The van der Waals surface area contributed by atoms with Gasteiger partial charge in [0.15, 0.2) is 6.61 Å². The van der Waals surface area contributed by atoms with Gasteiger partial charge in [-0.05, 0) is 67.3 Å². The number of rotatable bonds is 7. The second-order valence-electron chi connectivity index (χ2n) is 6.96. The number of ether oxygens (including phenoxy) is 2. The average Bonchev–Trinajstić information content (AvgIpc) is 3.44. The predicted molar refractivity (Wildman–Crippen MR) is 123 cm³/mol. The number of aryl methyl sites for hydroxylation is 1. The van der Waals surface area contributed by atoms with Gasteiger partial charge in [-0.25, -0.2) is 4.79 Å². The van der Waals surface area contributed by atoms with E-state index in [9.17, 15) is 19.6 Å². The highest BCUT2D eigenvalue weighted by atomic mass is 32.1. The normalized spacial score (nSPS) is 10.9. The summed E-state index contributed by atoms with van der Waals surface area (Å²) in [5.41, 5.74) is 3.02. The number of nitrogens with one attached hydrogen (secondary N) is 1. The van der Waals surface area contributed by atoms with E-state index in [4.69, 9.17) is 9.47 Å². The van der Waals surface area contributed by atoms with Gasteiger partial charge in [-0.3, -0.25) is 14.9 Å². The molecule has 2 heterocycles. The zero-order valence-electron chi connectivity index (χ0n) is 18.2. The Labute approximate surface area is 194 Å². The monoisotopic (exact) mass is 463 g/mol. The van der Waals surface area contributed by atoms with Crippen molar-refractivity contribution in [3.63, 3.8) is 0 Å². The van der Waals surface area contributed by atoms with Gasteiger partial charge in [0.2, 0.25) is 0 Å². The third kappa shape index (κ3) is 5.56. The predicted octanol–water partition coefficient (Wildman–Crippen LogP) is 3.57. The number of carbonyl (C=O) groups is 3. The molecule has 0 radical (unpaired) electrons. The molecule has 0 spiro atoms. The summed E-state index contributed by atoms with van der Waals surface area (Å²) in [4.78, 5) is 36.5. The Morgan fingerprint density at radius 3 is 2.52 bits per heavy atom. The second-order valence-corrected chi connectivity index (χ2v) is 7.91. The molecule has 1 aromatic carbocycles. The number of amides is 2. The van der Waals surface area contributed by atoms with E-state index in [0.29, 0.717) is 10.4 Å². The summed E-state index contributed by atoms with van der Waals surface area (Å²) in [5.74, 6) is -1.58. The van der Waals surface area contributed by atoms with E-state index in [0.717, 1.165) is 22.8 Å². The van der Waals surface area contributed by atoms with Crippen molar-refractivity contribution in [3.05, 3.63) is 75.2 Å². The van der Waals surface area contributed by atoms with Crippen LogP contribution in [0.5, 0.6) is 5.75 Å². The van der Waals surface area contributed by atoms with Crippen LogP contribution in [-0.4, -0.2) is 36.1 Å². The smallest absolute Gasteiger partial charge is 0.349 e. The summed E-state index contributed by atoms with van der Waals surface area (Å²) in [6.45, 7) is 3.10. The fraction of sp³-hybridized carbons (Fsp3) is 0.167. The van der Waals surface area contributed by atoms with Crippen LogP contribution >= 0.6 is 11.3 Å². The molecule has 0 unspecified atom stereocenters. The summed E-state index contributed by atoms with van der Waals surface area (Å²) in [5, 5.41) is 13.3. The molecular formula is C24H21N3O5S. The molecule has 0 saturated heterocycles. The maximum absolute atomic E-state index is 12.3. The number of thiophene rings is 1. The lowest BCUT2D eigenvalue weighted by molar-refractivity contribution is -0.144. The zero-order chi connectivity index (χ0) is 24.0. The number of esters is 1. The minimum Gasteiger partial charge on any atom is -0.497 e. The highest BCUT2D eigenvalue weighted by Gasteiger charge is 2.17. The van der Waals surface area contributed by atoms with Crippen molar-refractivity contribution in [3.8, 4) is 17.5 Å². The lowest BCUT2D eigenvalue weighted by atomic mass is 10.1. The van der Waals surface area contributed by atoms with Crippen LogP contribution in [0.15, 0.2) is 53.4 Å². The molecule has 3 rings (SSSR count). The summed E-state index contributed by atoms with van der Waals surface area (Å²) in [6.07, 6.45) is 1.42. The van der Waals surface area contributed by atoms with Gasteiger partial charge in [0, 0.05) is 17.1 Å². The molecule has 0 aliphatic heterocycles. The number of aromatic nitrogens is 1. The number of imide groups is 1. The van der Waals surface area contributed by atoms with E-state index in [1.54, 1.807) is 24.6 Å². The van der Waals surface area contributed by atoms with E-state index < -0.39 is 24.4 Å². The first-order chi connectivity index (χ1) is 15.8. The highest BCUT2D eigenvalue weighted by molar-refractivity contribution is 7.12. The van der Waals surface area contributed by atoms with Crippen LogP contribution in [0.25, 0.3) is 11.8 Å². The summed E-state index contributed by atoms with van der Waals surface area (Å²) < 4.78 is 12.1. The van der Waals surface area contributed by atoms with Crippen LogP contribution < -0.4 is 10.1 Å². The first-order valence-corrected chi connectivity index (χ1v) is 10.7. The van der Waals surface area contributed by atoms with Gasteiger partial charge in [-0.2, -0.15) is 5.26 Å². The van der Waals surface area contributed by atoms with Crippen molar-refractivity contribution in [1.82, 2.24) is 9.88 Å². The van der Waals surface area contributed by atoms with E-state index in [1.165, 1.54) is 17.4 Å². The first-order valence-electron chi connectivity index (χ1n) is 9.84. The van der Waals surface area contributed by atoms with Crippen molar-refractivity contribution < 1.29 is 23.9 Å². The Bertz CT molecular complexity index is 1250. The Morgan fingerprint density at radius 1 is 1.18 bits per heavy atom. The standard InChI is InChI=1S/C24H21N3O5S/c1-15-11-17(16(2)27(15)19-6-8-20(31-3)9-7-19)12-18(13-25)24(30)32-14-22(28)26-23(29)21-5-4-10-33-21/h4-12H,14H2,1-3H3,(H,26,28,29)/b18-12+. The topological polar surface area (TPSA) is 110 Å². The van der Waals surface area contributed by atoms with Crippen LogP contribution in [0, 0.1) is 25.2 Å². The average molecular weight is 464 g/mol. The van der Waals surface area contributed by atoms with Crippen molar-refractivity contribution in [2.45, 2.75) is 13.8 Å². The SMILES string of the molecule is COc1ccc(-n2c(C)cc(/C=C(\C#N)C(=O)OCC(=O)NC(=O)c3cccs3)c2C)cc1. The third-order valence-corrected chi connectivity index (χ3v) is 5.64. The molecule has 0 saturated carbocycles. The van der Waals surface area contributed by atoms with Gasteiger partial charge in [0.05, 0.1) is 12.0 Å². The molecule has 0 aliphatic rings. The number of hydrogen-bond donors (Lipinski definition) is 1. The van der Waals surface area contributed by atoms with Crippen LogP contribution in [0.1, 0.15) is 26.6 Å². The Hall–Kier alpha value is -4.16. The summed E-state index contributed by atoms with van der Waals surface area (Å²) in [7, 11) is 1.60. The third-order valence-electron chi connectivity index (χ3n) is 4.77. The number of nitriles is 1. The van der Waals surface area contributed by atoms with Crippen LogP contribution in [0.2, 0.25) is 0 Å². The molecular weight excluding hydrogens is 442 g/mol. The van der Waals surface area contributed by atoms with Gasteiger partial charge in [-0.15, -0.1) is 11.3 Å². The zero-order valence-corrected chi connectivity index (χ0v) is 19.1. The Balaban J connectivity index is 1.70. The van der Waals surface area contributed by atoms with Gasteiger partial charge in [0.1, 0.15) is 17.4 Å². The molecule has 0 fully saturated rings. The van der Waals surface area contributed by atoms with E-state index in [-0.39, 0.29) is 5.57 Å². The van der Waals surface area contributed by atoms with Gasteiger partial charge in [-0.1, -0.05) is 6.07 Å². The first kappa shape index (κ1) is 23.5. The molecule has 0 aliphatic carbocycles. The van der Waals surface area contributed by atoms with E-state index in [2.05, 4.69) is 5.32 Å². The Kier molecular flexibility index (Phi) is 7.43. The molecule has 0 atom stereocenters. The molecule has 2 aromatic heterocycles. The van der Waals surface area contributed by atoms with E-state index in [1.807, 2.05) is 54.8 Å². The molecule has 33 heavy (non-hydrogen) atoms. The van der Waals surface area contributed by atoms with Crippen molar-refractivity contribution >= 4 is 35.2 Å². The fourth-order valence-corrected chi connectivity index (χ4v) is 3.81. The molecule has 2 amide bonds. The van der Waals surface area contributed by atoms with Crippen molar-refractivity contribution in [2.75, 3.05) is 13.7 Å². The molecule has 1 N–H and O–H groups in total. The molecule has 168 valence electrons. The van der Waals surface area contributed by atoms with Crippen LogP contribution in [0.4, 0.5) is 0 Å². The van der Waals surface area contributed by atoms with Crippen molar-refractivity contribution in [1.29, 1.82) is 5.26 Å². The summed E-state index contributed by atoms with van der Waals surface area (Å²) in [6, 6.07) is 14.4. The molecule has 0 bridgehead atoms. The lowest BCUT2D eigenvalue weighted by Gasteiger charge is -2.10. The number of nitrogens with zero attached hydrogens (tertiary/aromatic N) is 2. The van der Waals surface area contributed by atoms with Gasteiger partial charge in [0.25, 0.3) is 11.8 Å². The van der Waals surface area contributed by atoms with Crippen molar-refractivity contribution in [2.24, 2.45) is 0 Å². The fourth-order valence-electron chi connectivity index (χ4n) is 3.20. The number of hydrogen-bond acceptors (Lipinski definition) is 7. The number of methoxy groups -OCH3 is 1. The second kappa shape index (κ2) is 10.4. The van der Waals surface area contributed by atoms with E-state index >= 15 is 0 Å². The Morgan fingerprint density at radius 2 is 1.91 bits per heavy atom. The number of benzene rings is 1. The minimum atomic E-state index is -0.953. The summed E-state index contributed by atoms with van der Waals surface area (Å²) >= 11 is 1.18. The molecule has 8 nitrogen and oxygen atoms in total. The quantitative estimate of drug-likeness (QED) is 0.326. The van der Waals surface area contributed by atoms with Crippen LogP contribution in [0.3, 0.4) is 0 Å². The number of carbonyl (C=O) groups excluding carboxylic acids is 3. The lowest BCUT2D eigenvalue weighted by Crippen LogP contribution is -2.33. The van der Waals surface area contributed by atoms with Gasteiger partial charge >= 0.3 is 5.97 Å². The maximum Gasteiger partial charge on any atom is 0.349 e. The van der Waals surface area contributed by atoms with Gasteiger partial charge < -0.3 is 14.0 Å². The highest BCUT2D eigenvalue weighted by Crippen LogP contribution is 2.24. The maximum atomic E-state index is 12.3. The molecule has 9 heteroatoms. The van der Waals surface area contributed by atoms with Crippen LogP contribution in [-0.2, 0) is 14.3 Å².